The molecule has 0 saturated heterocycles. The Morgan fingerprint density at radius 2 is 2.38 bits per heavy atom. The summed E-state index contributed by atoms with van der Waals surface area (Å²) in [6.45, 7) is 5.61. The van der Waals surface area contributed by atoms with Gasteiger partial charge in [0, 0.05) is 24.6 Å². The molecule has 16 heavy (non-hydrogen) atoms. The van der Waals surface area contributed by atoms with Crippen LogP contribution in [0.4, 0.5) is 0 Å². The van der Waals surface area contributed by atoms with Crippen LogP contribution in [0.25, 0.3) is 0 Å². The summed E-state index contributed by atoms with van der Waals surface area (Å²) in [7, 11) is 1.69. The molecule has 0 radical (unpaired) electrons. The highest BCUT2D eigenvalue weighted by Gasteiger charge is 1.95. The third-order valence-corrected chi connectivity index (χ3v) is 3.09. The monoisotopic (exact) mass is 237 g/mol. The second kappa shape index (κ2) is 8.25. The largest absolute Gasteiger partial charge is 0.497 e. The first kappa shape index (κ1) is 13.1. The molecule has 0 aliphatic carbocycles. The van der Waals surface area contributed by atoms with Gasteiger partial charge < -0.3 is 10.1 Å². The molecule has 0 unspecified atom stereocenters. The van der Waals surface area contributed by atoms with Gasteiger partial charge in [0.25, 0.3) is 0 Å². The van der Waals surface area contributed by atoms with Crippen molar-refractivity contribution < 1.29 is 4.74 Å². The summed E-state index contributed by atoms with van der Waals surface area (Å²) < 4.78 is 5.17. The topological polar surface area (TPSA) is 21.3 Å². The number of nitrogens with one attached hydrogen (secondary N) is 1. The summed E-state index contributed by atoms with van der Waals surface area (Å²) in [5.41, 5.74) is 1.26. The Kier molecular flexibility index (Phi) is 6.77. The molecule has 0 spiro atoms. The SMILES string of the molecule is C=CCSCCNCc1cccc(OC)c1. The maximum atomic E-state index is 5.17. The fourth-order valence-electron chi connectivity index (χ4n) is 1.33. The van der Waals surface area contributed by atoms with Gasteiger partial charge in [0.15, 0.2) is 0 Å². The normalized spacial score (nSPS) is 10.1. The van der Waals surface area contributed by atoms with E-state index in [-0.39, 0.29) is 0 Å². The Labute approximate surface area is 102 Å². The van der Waals surface area contributed by atoms with Crippen LogP contribution in [-0.2, 0) is 6.54 Å². The van der Waals surface area contributed by atoms with Gasteiger partial charge in [0.1, 0.15) is 5.75 Å². The molecule has 1 aromatic rings. The summed E-state index contributed by atoms with van der Waals surface area (Å²) in [6.07, 6.45) is 1.94. The van der Waals surface area contributed by atoms with Crippen molar-refractivity contribution in [2.45, 2.75) is 6.54 Å². The number of benzene rings is 1. The van der Waals surface area contributed by atoms with E-state index in [0.717, 1.165) is 30.3 Å². The number of rotatable bonds is 8. The van der Waals surface area contributed by atoms with Crippen LogP contribution in [0.3, 0.4) is 0 Å². The zero-order chi connectivity index (χ0) is 11.6. The second-order valence-electron chi connectivity index (χ2n) is 3.39. The summed E-state index contributed by atoms with van der Waals surface area (Å²) in [5.74, 6) is 3.07. The Morgan fingerprint density at radius 3 is 3.12 bits per heavy atom. The summed E-state index contributed by atoms with van der Waals surface area (Å²) >= 11 is 1.89. The van der Waals surface area contributed by atoms with Crippen molar-refractivity contribution in [2.24, 2.45) is 0 Å². The molecule has 0 amide bonds. The summed E-state index contributed by atoms with van der Waals surface area (Å²) in [6, 6.07) is 8.14. The quantitative estimate of drug-likeness (QED) is 0.555. The van der Waals surface area contributed by atoms with Crippen LogP contribution >= 0.6 is 11.8 Å². The Hall–Kier alpha value is -0.930. The molecule has 0 aliphatic heterocycles. The molecule has 2 nitrogen and oxygen atoms in total. The highest BCUT2D eigenvalue weighted by Crippen LogP contribution is 2.12. The lowest BCUT2D eigenvalue weighted by Gasteiger charge is -2.06. The van der Waals surface area contributed by atoms with E-state index in [1.165, 1.54) is 5.56 Å². The van der Waals surface area contributed by atoms with Crippen LogP contribution in [0.1, 0.15) is 5.56 Å². The Bertz CT molecular complexity index is 315. The number of ether oxygens (including phenoxy) is 1. The van der Waals surface area contributed by atoms with Crippen molar-refractivity contribution in [3.8, 4) is 5.75 Å². The zero-order valence-corrected chi connectivity index (χ0v) is 10.6. The molecule has 0 aliphatic rings. The number of hydrogen-bond donors (Lipinski definition) is 1. The van der Waals surface area contributed by atoms with Crippen molar-refractivity contribution >= 4 is 11.8 Å². The van der Waals surface area contributed by atoms with E-state index in [2.05, 4.69) is 24.0 Å². The molecule has 1 rings (SSSR count). The van der Waals surface area contributed by atoms with E-state index >= 15 is 0 Å². The minimum atomic E-state index is 0.895. The van der Waals surface area contributed by atoms with Crippen molar-refractivity contribution in [1.29, 1.82) is 0 Å². The van der Waals surface area contributed by atoms with Crippen LogP contribution in [0.5, 0.6) is 5.75 Å². The fourth-order valence-corrected chi connectivity index (χ4v) is 1.95. The molecule has 3 heteroatoms. The lowest BCUT2D eigenvalue weighted by Crippen LogP contribution is -2.16. The van der Waals surface area contributed by atoms with Gasteiger partial charge in [0.2, 0.25) is 0 Å². The van der Waals surface area contributed by atoms with E-state index in [1.807, 2.05) is 30.0 Å². The second-order valence-corrected chi connectivity index (χ2v) is 4.54. The van der Waals surface area contributed by atoms with Gasteiger partial charge in [0.05, 0.1) is 7.11 Å². The lowest BCUT2D eigenvalue weighted by molar-refractivity contribution is 0.414. The van der Waals surface area contributed by atoms with Crippen LogP contribution in [0, 0.1) is 0 Å². The average Bonchev–Trinajstić information content (AvgIpc) is 2.34. The molecule has 88 valence electrons. The third kappa shape index (κ3) is 5.24. The van der Waals surface area contributed by atoms with Gasteiger partial charge in [-0.25, -0.2) is 0 Å². The number of methoxy groups -OCH3 is 1. The number of thioether (sulfide) groups is 1. The maximum absolute atomic E-state index is 5.17. The van der Waals surface area contributed by atoms with Crippen molar-refractivity contribution in [1.82, 2.24) is 5.32 Å². The van der Waals surface area contributed by atoms with Gasteiger partial charge in [-0.3, -0.25) is 0 Å². The van der Waals surface area contributed by atoms with Gasteiger partial charge in [-0.05, 0) is 17.7 Å². The van der Waals surface area contributed by atoms with Crippen molar-refractivity contribution in [3.05, 3.63) is 42.5 Å². The first-order valence-electron chi connectivity index (χ1n) is 5.39. The maximum Gasteiger partial charge on any atom is 0.119 e. The average molecular weight is 237 g/mol. The summed E-state index contributed by atoms with van der Waals surface area (Å²) in [5, 5.41) is 3.40. The number of hydrogen-bond acceptors (Lipinski definition) is 3. The van der Waals surface area contributed by atoms with Gasteiger partial charge >= 0.3 is 0 Å². The molecule has 0 heterocycles. The zero-order valence-electron chi connectivity index (χ0n) is 9.74. The van der Waals surface area contributed by atoms with Crippen LogP contribution in [0.15, 0.2) is 36.9 Å². The lowest BCUT2D eigenvalue weighted by atomic mass is 10.2. The molecule has 0 bridgehead atoms. The van der Waals surface area contributed by atoms with E-state index in [4.69, 9.17) is 4.74 Å². The molecular weight excluding hydrogens is 218 g/mol. The van der Waals surface area contributed by atoms with Gasteiger partial charge in [-0.2, -0.15) is 11.8 Å². The predicted molar refractivity (Wildman–Crippen MR) is 72.2 cm³/mol. The standard InChI is InChI=1S/C13H19NOS/c1-3-8-16-9-7-14-11-12-5-4-6-13(10-12)15-2/h3-6,10,14H,1,7-9,11H2,2H3. The fraction of sp³-hybridized carbons (Fsp3) is 0.385. The van der Waals surface area contributed by atoms with Crippen LogP contribution < -0.4 is 10.1 Å². The molecule has 0 aromatic heterocycles. The van der Waals surface area contributed by atoms with E-state index < -0.39 is 0 Å². The third-order valence-electron chi connectivity index (χ3n) is 2.12. The van der Waals surface area contributed by atoms with Crippen molar-refractivity contribution in [3.63, 3.8) is 0 Å². The highest BCUT2D eigenvalue weighted by atomic mass is 32.2. The molecule has 0 atom stereocenters. The first-order valence-corrected chi connectivity index (χ1v) is 6.54. The molecule has 0 saturated carbocycles. The van der Waals surface area contributed by atoms with Crippen LogP contribution in [-0.4, -0.2) is 25.2 Å². The van der Waals surface area contributed by atoms with E-state index in [9.17, 15) is 0 Å². The molecule has 0 fully saturated rings. The smallest absolute Gasteiger partial charge is 0.119 e. The minimum absolute atomic E-state index is 0.895. The highest BCUT2D eigenvalue weighted by molar-refractivity contribution is 7.99. The Morgan fingerprint density at radius 1 is 1.50 bits per heavy atom. The van der Waals surface area contributed by atoms with Gasteiger partial charge in [-0.15, -0.1) is 6.58 Å². The van der Waals surface area contributed by atoms with Crippen molar-refractivity contribution in [2.75, 3.05) is 25.2 Å². The minimum Gasteiger partial charge on any atom is -0.497 e. The van der Waals surface area contributed by atoms with Gasteiger partial charge in [-0.1, -0.05) is 18.2 Å². The van der Waals surface area contributed by atoms with Crippen LogP contribution in [0.2, 0.25) is 0 Å². The molecular formula is C13H19NOS. The Balaban J connectivity index is 2.18. The first-order chi connectivity index (χ1) is 7.86. The van der Waals surface area contributed by atoms with E-state index in [1.54, 1.807) is 7.11 Å². The van der Waals surface area contributed by atoms with E-state index in [0.29, 0.717) is 0 Å². The molecule has 1 N–H and O–H groups in total. The summed E-state index contributed by atoms with van der Waals surface area (Å²) in [4.78, 5) is 0. The molecule has 1 aromatic carbocycles. The predicted octanol–water partition coefficient (Wildman–Crippen LogP) is 2.70.